The van der Waals surface area contributed by atoms with Crippen molar-refractivity contribution < 1.29 is 5.11 Å². The first-order valence-corrected chi connectivity index (χ1v) is 9.76. The lowest BCUT2D eigenvalue weighted by Crippen LogP contribution is -2.35. The molecule has 0 radical (unpaired) electrons. The van der Waals surface area contributed by atoms with Crippen LogP contribution in [0.3, 0.4) is 0 Å². The fourth-order valence-electron chi connectivity index (χ4n) is 4.06. The van der Waals surface area contributed by atoms with Crippen LogP contribution >= 0.6 is 0 Å². The molecule has 0 aliphatic carbocycles. The summed E-state index contributed by atoms with van der Waals surface area (Å²) in [6.07, 6.45) is 10.0. The van der Waals surface area contributed by atoms with Crippen LogP contribution in [0.4, 0.5) is 0 Å². The maximum absolute atomic E-state index is 9.47. The normalized spacial score (nSPS) is 16.4. The molecule has 1 rings (SSSR count). The van der Waals surface area contributed by atoms with Crippen LogP contribution in [-0.2, 0) is 6.42 Å². The molecule has 0 saturated carbocycles. The predicted octanol–water partition coefficient (Wildman–Crippen LogP) is 6.33. The molecular formula is C23H38O. The molecule has 0 aliphatic heterocycles. The smallest absolute Gasteiger partial charge is 0.0431 e. The number of aliphatic hydroxyl groups is 1. The van der Waals surface area contributed by atoms with Gasteiger partial charge in [0.1, 0.15) is 0 Å². The Kier molecular flexibility index (Phi) is 9.36. The number of benzene rings is 1. The standard InChI is InChI=1S/C23H38O/c1-6-8-15-23(16-9-17-24,21(5)20(4)10-7-2)18-22-13-11-19(3)12-14-22/h7,11-14,20-21,24H,2,6,8-10,15-18H2,1,3-5H3. The van der Waals surface area contributed by atoms with E-state index in [9.17, 15) is 5.11 Å². The van der Waals surface area contributed by atoms with Gasteiger partial charge in [0.2, 0.25) is 0 Å². The summed E-state index contributed by atoms with van der Waals surface area (Å²) in [5.41, 5.74) is 3.03. The van der Waals surface area contributed by atoms with Crippen molar-refractivity contribution in [3.8, 4) is 0 Å². The average molecular weight is 331 g/mol. The van der Waals surface area contributed by atoms with E-state index in [0.29, 0.717) is 18.4 Å². The number of rotatable bonds is 12. The number of hydrogen-bond acceptors (Lipinski definition) is 1. The molecule has 136 valence electrons. The van der Waals surface area contributed by atoms with Gasteiger partial charge < -0.3 is 5.11 Å². The molecule has 1 aromatic carbocycles. The Morgan fingerprint density at radius 2 is 1.75 bits per heavy atom. The van der Waals surface area contributed by atoms with Crippen LogP contribution in [-0.4, -0.2) is 11.7 Å². The van der Waals surface area contributed by atoms with Crippen LogP contribution in [0.15, 0.2) is 36.9 Å². The van der Waals surface area contributed by atoms with Crippen molar-refractivity contribution in [1.82, 2.24) is 0 Å². The van der Waals surface area contributed by atoms with Crippen LogP contribution in [0.25, 0.3) is 0 Å². The van der Waals surface area contributed by atoms with E-state index in [1.54, 1.807) is 0 Å². The zero-order valence-electron chi connectivity index (χ0n) is 16.4. The van der Waals surface area contributed by atoms with Crippen molar-refractivity contribution in [3.63, 3.8) is 0 Å². The van der Waals surface area contributed by atoms with E-state index in [-0.39, 0.29) is 5.41 Å². The van der Waals surface area contributed by atoms with Crippen LogP contribution in [0.2, 0.25) is 0 Å². The Morgan fingerprint density at radius 3 is 2.29 bits per heavy atom. The van der Waals surface area contributed by atoms with E-state index in [0.717, 1.165) is 25.7 Å². The number of aryl methyl sites for hydroxylation is 1. The second-order valence-corrected chi connectivity index (χ2v) is 7.75. The third-order valence-corrected chi connectivity index (χ3v) is 5.90. The Morgan fingerprint density at radius 1 is 1.12 bits per heavy atom. The van der Waals surface area contributed by atoms with Gasteiger partial charge in [-0.25, -0.2) is 0 Å². The fourth-order valence-corrected chi connectivity index (χ4v) is 4.06. The molecular weight excluding hydrogens is 292 g/mol. The molecule has 1 N–H and O–H groups in total. The van der Waals surface area contributed by atoms with Crippen molar-refractivity contribution in [2.75, 3.05) is 6.61 Å². The second-order valence-electron chi connectivity index (χ2n) is 7.75. The quantitative estimate of drug-likeness (QED) is 0.444. The Labute approximate surface area is 150 Å². The number of unbranched alkanes of at least 4 members (excludes halogenated alkanes) is 1. The third-order valence-electron chi connectivity index (χ3n) is 5.90. The van der Waals surface area contributed by atoms with E-state index < -0.39 is 0 Å². The van der Waals surface area contributed by atoms with Crippen LogP contribution in [0, 0.1) is 24.2 Å². The largest absolute Gasteiger partial charge is 0.396 e. The van der Waals surface area contributed by atoms with E-state index in [1.807, 2.05) is 0 Å². The Balaban J connectivity index is 3.11. The highest BCUT2D eigenvalue weighted by molar-refractivity contribution is 5.22. The molecule has 3 atom stereocenters. The molecule has 1 heteroatoms. The zero-order chi connectivity index (χ0) is 18.0. The summed E-state index contributed by atoms with van der Waals surface area (Å²) < 4.78 is 0. The van der Waals surface area contributed by atoms with E-state index in [2.05, 4.69) is 64.6 Å². The topological polar surface area (TPSA) is 20.2 Å². The summed E-state index contributed by atoms with van der Waals surface area (Å²) in [6, 6.07) is 9.04. The second kappa shape index (κ2) is 10.7. The van der Waals surface area contributed by atoms with Gasteiger partial charge in [-0.3, -0.25) is 0 Å². The van der Waals surface area contributed by atoms with E-state index >= 15 is 0 Å². The van der Waals surface area contributed by atoms with Crippen LogP contribution in [0.1, 0.15) is 70.4 Å². The van der Waals surface area contributed by atoms with E-state index in [1.165, 1.54) is 30.4 Å². The summed E-state index contributed by atoms with van der Waals surface area (Å²) in [6.45, 7) is 13.5. The Bertz CT molecular complexity index is 451. The van der Waals surface area contributed by atoms with Crippen LogP contribution in [0.5, 0.6) is 0 Å². The monoisotopic (exact) mass is 330 g/mol. The molecule has 0 spiro atoms. The summed E-state index contributed by atoms with van der Waals surface area (Å²) in [5.74, 6) is 1.25. The first-order valence-electron chi connectivity index (χ1n) is 9.76. The summed E-state index contributed by atoms with van der Waals surface area (Å²) in [4.78, 5) is 0. The first kappa shape index (κ1) is 21.0. The van der Waals surface area contributed by atoms with Gasteiger partial charge in [-0.1, -0.05) is 69.5 Å². The van der Waals surface area contributed by atoms with Gasteiger partial charge in [0.05, 0.1) is 0 Å². The highest BCUT2D eigenvalue weighted by atomic mass is 16.2. The van der Waals surface area contributed by atoms with Gasteiger partial charge in [-0.15, -0.1) is 6.58 Å². The third kappa shape index (κ3) is 6.09. The van der Waals surface area contributed by atoms with Gasteiger partial charge >= 0.3 is 0 Å². The molecule has 0 amide bonds. The molecule has 1 nitrogen and oxygen atoms in total. The van der Waals surface area contributed by atoms with Crippen molar-refractivity contribution >= 4 is 0 Å². The van der Waals surface area contributed by atoms with Crippen molar-refractivity contribution in [2.45, 2.75) is 72.6 Å². The molecule has 3 unspecified atom stereocenters. The van der Waals surface area contributed by atoms with Gasteiger partial charge in [0, 0.05) is 6.61 Å². The lowest BCUT2D eigenvalue weighted by molar-refractivity contribution is 0.0823. The SMILES string of the molecule is C=CCC(C)C(C)C(CCCC)(CCCO)Cc1ccc(C)cc1. The molecule has 0 saturated heterocycles. The summed E-state index contributed by atoms with van der Waals surface area (Å²) in [7, 11) is 0. The molecule has 0 bridgehead atoms. The van der Waals surface area contributed by atoms with Gasteiger partial charge in [0.15, 0.2) is 0 Å². The highest BCUT2D eigenvalue weighted by Gasteiger charge is 2.37. The predicted molar refractivity (Wildman–Crippen MR) is 106 cm³/mol. The number of allylic oxidation sites excluding steroid dienone is 1. The molecule has 0 aromatic heterocycles. The minimum absolute atomic E-state index is 0.274. The lowest BCUT2D eigenvalue weighted by Gasteiger charge is -2.43. The minimum atomic E-state index is 0.274. The molecule has 0 fully saturated rings. The van der Waals surface area contributed by atoms with Crippen molar-refractivity contribution in [1.29, 1.82) is 0 Å². The highest BCUT2D eigenvalue weighted by Crippen LogP contribution is 2.45. The fraction of sp³-hybridized carbons (Fsp3) is 0.652. The van der Waals surface area contributed by atoms with Crippen molar-refractivity contribution in [2.24, 2.45) is 17.3 Å². The summed E-state index contributed by atoms with van der Waals surface area (Å²) >= 11 is 0. The molecule has 0 heterocycles. The van der Waals surface area contributed by atoms with Crippen molar-refractivity contribution in [3.05, 3.63) is 48.0 Å². The molecule has 24 heavy (non-hydrogen) atoms. The number of aliphatic hydroxyl groups excluding tert-OH is 1. The summed E-state index contributed by atoms with van der Waals surface area (Å²) in [5, 5.41) is 9.47. The van der Waals surface area contributed by atoms with Crippen LogP contribution < -0.4 is 0 Å². The van der Waals surface area contributed by atoms with E-state index in [4.69, 9.17) is 0 Å². The minimum Gasteiger partial charge on any atom is -0.396 e. The maximum atomic E-state index is 9.47. The average Bonchev–Trinajstić information content (AvgIpc) is 2.59. The van der Waals surface area contributed by atoms with Gasteiger partial charge in [-0.05, 0) is 61.8 Å². The maximum Gasteiger partial charge on any atom is 0.0431 e. The van der Waals surface area contributed by atoms with Gasteiger partial charge in [0.25, 0.3) is 0 Å². The lowest BCUT2D eigenvalue weighted by atomic mass is 9.62. The molecule has 1 aromatic rings. The Hall–Kier alpha value is -1.08. The number of hydrogen-bond donors (Lipinski definition) is 1. The van der Waals surface area contributed by atoms with Gasteiger partial charge in [-0.2, -0.15) is 0 Å². The molecule has 0 aliphatic rings. The first-order chi connectivity index (χ1) is 11.5. The zero-order valence-corrected chi connectivity index (χ0v) is 16.4.